The number of rotatable bonds is 5. The molecule has 1 aliphatic rings. The van der Waals surface area contributed by atoms with Crippen molar-refractivity contribution in [2.45, 2.75) is 24.3 Å². The summed E-state index contributed by atoms with van der Waals surface area (Å²) in [4.78, 5) is 13.5. The van der Waals surface area contributed by atoms with Crippen molar-refractivity contribution in [2.24, 2.45) is 0 Å². The second-order valence-electron chi connectivity index (χ2n) is 7.66. The number of carbonyl (C=O) groups is 1. The Balaban J connectivity index is 1.73. The van der Waals surface area contributed by atoms with E-state index in [-0.39, 0.29) is 17.3 Å². The van der Waals surface area contributed by atoms with Gasteiger partial charge in [0.2, 0.25) is 0 Å². The van der Waals surface area contributed by atoms with E-state index in [0.29, 0.717) is 10.6 Å². The maximum Gasteiger partial charge on any atom is 0.416 e. The van der Waals surface area contributed by atoms with Crippen LogP contribution in [0.2, 0.25) is 0 Å². The van der Waals surface area contributed by atoms with E-state index in [1.54, 1.807) is 20.2 Å². The Kier molecular flexibility index (Phi) is 5.95. The highest BCUT2D eigenvalue weighted by molar-refractivity contribution is 8.05. The molecule has 7 heteroatoms. The van der Waals surface area contributed by atoms with Crippen molar-refractivity contribution in [2.75, 3.05) is 14.2 Å². The van der Waals surface area contributed by atoms with E-state index >= 15 is 0 Å². The van der Waals surface area contributed by atoms with Gasteiger partial charge in [0.15, 0.2) is 5.78 Å². The molecule has 0 aliphatic carbocycles. The standard InChI is InChI=1S/C25H22F3NO2S/c1-14(19-9-5-6-15-10-11-18(31-3)13-20(15)19)23-22(30)21(24(29-2)32-23)16-7-4-8-17(12-16)25(26,27)28/h4-14,23,29H,1-3H3. The number of halogens is 3. The number of ketones is 1. The van der Waals surface area contributed by atoms with Crippen LogP contribution in [0.3, 0.4) is 0 Å². The molecule has 0 radical (unpaired) electrons. The van der Waals surface area contributed by atoms with Crippen molar-refractivity contribution >= 4 is 33.9 Å². The Morgan fingerprint density at radius 3 is 2.50 bits per heavy atom. The predicted octanol–water partition coefficient (Wildman–Crippen LogP) is 6.24. The molecule has 2 unspecified atom stereocenters. The van der Waals surface area contributed by atoms with Crippen LogP contribution in [-0.2, 0) is 11.0 Å². The summed E-state index contributed by atoms with van der Waals surface area (Å²) in [6.07, 6.45) is -4.47. The first-order valence-electron chi connectivity index (χ1n) is 10.1. The van der Waals surface area contributed by atoms with Crippen LogP contribution in [0.25, 0.3) is 16.3 Å². The van der Waals surface area contributed by atoms with Crippen molar-refractivity contribution in [1.82, 2.24) is 5.32 Å². The molecule has 0 saturated heterocycles. The number of thioether (sulfide) groups is 1. The zero-order valence-corrected chi connectivity index (χ0v) is 18.6. The van der Waals surface area contributed by atoms with Gasteiger partial charge in [-0.05, 0) is 46.2 Å². The van der Waals surface area contributed by atoms with E-state index in [4.69, 9.17) is 4.74 Å². The van der Waals surface area contributed by atoms with Crippen LogP contribution in [0, 0.1) is 0 Å². The normalized spacial score (nSPS) is 17.7. The number of fused-ring (bicyclic) bond motifs is 1. The number of carbonyl (C=O) groups excluding carboxylic acids is 1. The average Bonchev–Trinajstić information content (AvgIpc) is 3.13. The molecule has 3 aromatic carbocycles. The number of allylic oxidation sites excluding steroid dienone is 1. The Labute approximate surface area is 188 Å². The molecule has 1 heterocycles. The molecule has 1 aliphatic heterocycles. The van der Waals surface area contributed by atoms with Gasteiger partial charge >= 0.3 is 6.18 Å². The lowest BCUT2D eigenvalue weighted by Crippen LogP contribution is -2.21. The zero-order valence-electron chi connectivity index (χ0n) is 17.8. The number of hydrogen-bond acceptors (Lipinski definition) is 4. The van der Waals surface area contributed by atoms with Crippen molar-refractivity contribution < 1.29 is 22.7 Å². The molecule has 0 spiro atoms. The van der Waals surface area contributed by atoms with Crippen LogP contribution in [0.4, 0.5) is 13.2 Å². The van der Waals surface area contributed by atoms with Crippen LogP contribution in [-0.4, -0.2) is 25.2 Å². The number of hydrogen-bond donors (Lipinski definition) is 1. The summed E-state index contributed by atoms with van der Waals surface area (Å²) in [5.41, 5.74) is 0.802. The van der Waals surface area contributed by atoms with Crippen LogP contribution in [0.1, 0.15) is 29.5 Å². The van der Waals surface area contributed by atoms with Gasteiger partial charge in [0.25, 0.3) is 0 Å². The van der Waals surface area contributed by atoms with Gasteiger partial charge in [0.05, 0.1) is 28.5 Å². The number of nitrogens with one attached hydrogen (secondary N) is 1. The molecule has 4 rings (SSSR count). The summed E-state index contributed by atoms with van der Waals surface area (Å²) >= 11 is 1.36. The van der Waals surface area contributed by atoms with E-state index in [0.717, 1.165) is 34.2 Å². The minimum Gasteiger partial charge on any atom is -0.497 e. The highest BCUT2D eigenvalue weighted by Crippen LogP contribution is 2.46. The van der Waals surface area contributed by atoms with Gasteiger partial charge in [0, 0.05) is 13.0 Å². The largest absolute Gasteiger partial charge is 0.497 e. The molecule has 1 N–H and O–H groups in total. The Morgan fingerprint density at radius 1 is 1.06 bits per heavy atom. The summed E-state index contributed by atoms with van der Waals surface area (Å²) in [7, 11) is 3.28. The van der Waals surface area contributed by atoms with Crippen molar-refractivity contribution in [3.05, 3.63) is 82.4 Å². The predicted molar refractivity (Wildman–Crippen MR) is 123 cm³/mol. The third kappa shape index (κ3) is 3.97. The zero-order chi connectivity index (χ0) is 23.0. The molecule has 166 valence electrons. The fourth-order valence-electron chi connectivity index (χ4n) is 4.09. The molecular formula is C25H22F3NO2S. The second-order valence-corrected chi connectivity index (χ2v) is 8.81. The monoisotopic (exact) mass is 457 g/mol. The fourth-order valence-corrected chi connectivity index (χ4v) is 5.38. The van der Waals surface area contributed by atoms with Crippen molar-refractivity contribution in [3.63, 3.8) is 0 Å². The minimum atomic E-state index is -4.47. The molecule has 3 aromatic rings. The lowest BCUT2D eigenvalue weighted by Gasteiger charge is -2.20. The Hall–Kier alpha value is -2.93. The van der Waals surface area contributed by atoms with Gasteiger partial charge in [-0.2, -0.15) is 13.2 Å². The second kappa shape index (κ2) is 8.54. The average molecular weight is 458 g/mol. The van der Waals surface area contributed by atoms with E-state index in [1.165, 1.54) is 17.8 Å². The Morgan fingerprint density at radius 2 is 1.81 bits per heavy atom. The molecule has 0 bridgehead atoms. The summed E-state index contributed by atoms with van der Waals surface area (Å²) in [5.74, 6) is 0.377. The van der Waals surface area contributed by atoms with Gasteiger partial charge in [-0.25, -0.2) is 0 Å². The van der Waals surface area contributed by atoms with E-state index in [2.05, 4.69) is 5.32 Å². The molecule has 0 aromatic heterocycles. The van der Waals surface area contributed by atoms with Crippen LogP contribution in [0.5, 0.6) is 5.75 Å². The van der Waals surface area contributed by atoms with Gasteiger partial charge in [-0.1, -0.05) is 55.1 Å². The van der Waals surface area contributed by atoms with E-state index in [1.807, 2.05) is 43.3 Å². The number of methoxy groups -OCH3 is 1. The van der Waals surface area contributed by atoms with Crippen LogP contribution >= 0.6 is 11.8 Å². The molecular weight excluding hydrogens is 435 g/mol. The molecule has 0 fully saturated rings. The van der Waals surface area contributed by atoms with Crippen molar-refractivity contribution in [3.8, 4) is 5.75 Å². The third-order valence-corrected chi connectivity index (χ3v) is 7.27. The van der Waals surface area contributed by atoms with Crippen LogP contribution < -0.4 is 10.1 Å². The van der Waals surface area contributed by atoms with Gasteiger partial charge < -0.3 is 10.1 Å². The molecule has 32 heavy (non-hydrogen) atoms. The highest BCUT2D eigenvalue weighted by atomic mass is 32.2. The molecule has 3 nitrogen and oxygen atoms in total. The first kappa shape index (κ1) is 22.3. The van der Waals surface area contributed by atoms with E-state index < -0.39 is 17.0 Å². The Bertz CT molecular complexity index is 1220. The number of alkyl halides is 3. The number of ether oxygens (including phenoxy) is 1. The summed E-state index contributed by atoms with van der Waals surface area (Å²) < 4.78 is 45.1. The van der Waals surface area contributed by atoms with Crippen LogP contribution in [0.15, 0.2) is 65.7 Å². The lowest BCUT2D eigenvalue weighted by molar-refractivity contribution is -0.137. The first-order valence-corrected chi connectivity index (χ1v) is 11.0. The molecule has 0 amide bonds. The quantitative estimate of drug-likeness (QED) is 0.492. The molecule has 0 saturated carbocycles. The maximum absolute atomic E-state index is 13.5. The summed E-state index contributed by atoms with van der Waals surface area (Å²) in [6.45, 7) is 1.98. The SMILES string of the molecule is CNC1=C(c2cccc(C(F)(F)F)c2)C(=O)C(C(C)c2cccc3ccc(OC)cc23)S1. The summed E-state index contributed by atoms with van der Waals surface area (Å²) in [6, 6.07) is 16.7. The van der Waals surface area contributed by atoms with Gasteiger partial charge in [0.1, 0.15) is 5.75 Å². The van der Waals surface area contributed by atoms with Gasteiger partial charge in [-0.15, -0.1) is 0 Å². The third-order valence-electron chi connectivity index (χ3n) is 5.75. The minimum absolute atomic E-state index is 0.171. The topological polar surface area (TPSA) is 38.3 Å². The van der Waals surface area contributed by atoms with E-state index in [9.17, 15) is 18.0 Å². The lowest BCUT2D eigenvalue weighted by atomic mass is 9.88. The fraction of sp³-hybridized carbons (Fsp3) is 0.240. The van der Waals surface area contributed by atoms with Crippen molar-refractivity contribution in [1.29, 1.82) is 0 Å². The number of benzene rings is 3. The van der Waals surface area contributed by atoms with Gasteiger partial charge in [-0.3, -0.25) is 4.79 Å². The smallest absolute Gasteiger partial charge is 0.416 e. The number of Topliss-reactive ketones (excluding diaryl/α,β-unsaturated/α-hetero) is 1. The summed E-state index contributed by atoms with van der Waals surface area (Å²) in [5, 5.41) is 5.17. The highest BCUT2D eigenvalue weighted by Gasteiger charge is 2.39. The first-order chi connectivity index (χ1) is 15.2. The maximum atomic E-state index is 13.5. The molecule has 2 atom stereocenters.